The highest BCUT2D eigenvalue weighted by Gasteiger charge is 2.36. The van der Waals surface area contributed by atoms with Gasteiger partial charge >= 0.3 is 0 Å². The van der Waals surface area contributed by atoms with Crippen LogP contribution < -0.4 is 5.32 Å². The maximum Gasteiger partial charge on any atom is 0.225 e. The van der Waals surface area contributed by atoms with E-state index in [2.05, 4.69) is 50.4 Å². The van der Waals surface area contributed by atoms with E-state index in [0.717, 1.165) is 12.0 Å². The maximum atomic E-state index is 12.7. The van der Waals surface area contributed by atoms with Gasteiger partial charge in [-0.25, -0.2) is 0 Å². The number of nitrogens with one attached hydrogen (secondary N) is 1. The third-order valence-corrected chi connectivity index (χ3v) is 6.11. The molecule has 1 saturated heterocycles. The molecule has 2 fully saturated rings. The minimum Gasteiger partial charge on any atom is -0.353 e. The molecule has 1 aromatic rings. The molecule has 0 radical (unpaired) electrons. The summed E-state index contributed by atoms with van der Waals surface area (Å²) < 4.78 is 0. The fourth-order valence-corrected chi connectivity index (χ4v) is 4.10. The molecule has 1 aromatic carbocycles. The largest absolute Gasteiger partial charge is 0.353 e. The van der Waals surface area contributed by atoms with Gasteiger partial charge in [-0.15, -0.1) is 0 Å². The van der Waals surface area contributed by atoms with Crippen LogP contribution in [0.25, 0.3) is 0 Å². The van der Waals surface area contributed by atoms with Crippen LogP contribution >= 0.6 is 0 Å². The molecule has 0 spiro atoms. The Bertz CT molecular complexity index is 625. The van der Waals surface area contributed by atoms with Crippen LogP contribution in [0.1, 0.15) is 50.7 Å². The van der Waals surface area contributed by atoms with Gasteiger partial charge in [0, 0.05) is 25.6 Å². The number of amides is 2. The van der Waals surface area contributed by atoms with Gasteiger partial charge in [0.2, 0.25) is 11.8 Å². The lowest BCUT2D eigenvalue weighted by Gasteiger charge is -2.35. The third-order valence-electron chi connectivity index (χ3n) is 6.11. The van der Waals surface area contributed by atoms with E-state index in [4.69, 9.17) is 0 Å². The average molecular weight is 342 g/mol. The van der Waals surface area contributed by atoms with Crippen molar-refractivity contribution in [1.29, 1.82) is 0 Å². The zero-order valence-electron chi connectivity index (χ0n) is 15.6. The molecule has 2 aliphatic rings. The minimum absolute atomic E-state index is 0.0608. The molecule has 1 aliphatic carbocycles. The molecule has 4 atom stereocenters. The topological polar surface area (TPSA) is 49.4 Å². The first kappa shape index (κ1) is 18.0. The Hall–Kier alpha value is -1.84. The highest BCUT2D eigenvalue weighted by Crippen LogP contribution is 2.30. The minimum atomic E-state index is -0.206. The van der Waals surface area contributed by atoms with Crippen LogP contribution in [0.2, 0.25) is 0 Å². The lowest BCUT2D eigenvalue weighted by Crippen LogP contribution is -2.46. The predicted molar refractivity (Wildman–Crippen MR) is 98.8 cm³/mol. The summed E-state index contributed by atoms with van der Waals surface area (Å²) in [5.41, 5.74) is 2.33. The highest BCUT2D eigenvalue weighted by atomic mass is 16.2. The van der Waals surface area contributed by atoms with E-state index in [1.54, 1.807) is 0 Å². The Morgan fingerprint density at radius 3 is 2.64 bits per heavy atom. The number of carbonyl (C=O) groups excluding carboxylic acids is 2. The second-order valence-electron chi connectivity index (χ2n) is 8.04. The molecule has 1 heterocycles. The zero-order chi connectivity index (χ0) is 18.0. The molecule has 0 bridgehead atoms. The molecule has 25 heavy (non-hydrogen) atoms. The first-order chi connectivity index (χ1) is 11.9. The number of hydrogen-bond acceptors (Lipinski definition) is 2. The van der Waals surface area contributed by atoms with E-state index in [1.165, 1.54) is 18.4 Å². The van der Waals surface area contributed by atoms with E-state index in [9.17, 15) is 9.59 Å². The molecule has 1 aliphatic heterocycles. The van der Waals surface area contributed by atoms with Crippen LogP contribution in [-0.2, 0) is 16.1 Å². The zero-order valence-corrected chi connectivity index (χ0v) is 15.6. The average Bonchev–Trinajstić information content (AvgIpc) is 2.95. The number of hydrogen-bond donors (Lipinski definition) is 1. The van der Waals surface area contributed by atoms with Crippen molar-refractivity contribution in [1.82, 2.24) is 10.2 Å². The van der Waals surface area contributed by atoms with Crippen molar-refractivity contribution >= 4 is 11.8 Å². The van der Waals surface area contributed by atoms with Crippen molar-refractivity contribution in [2.75, 3.05) is 6.54 Å². The first-order valence-electron chi connectivity index (χ1n) is 9.57. The summed E-state index contributed by atoms with van der Waals surface area (Å²) in [6.45, 7) is 7.69. The predicted octanol–water partition coefficient (Wildman–Crippen LogP) is 3.28. The summed E-state index contributed by atoms with van der Waals surface area (Å²) in [4.78, 5) is 26.8. The maximum absolute atomic E-state index is 12.7. The van der Waals surface area contributed by atoms with Crippen LogP contribution in [-0.4, -0.2) is 29.3 Å². The standard InChI is InChI=1S/C21H30N2O2/c1-14-7-9-17(10-8-14)12-23-13-18(11-20(23)24)21(25)22-19-6-4-5-15(2)16(19)3/h7-10,15-16,18-19H,4-6,11-13H2,1-3H3,(H,22,25)/t15-,16-,18-,19+/m0/s1. The molecule has 0 aromatic heterocycles. The van der Waals surface area contributed by atoms with E-state index < -0.39 is 0 Å². The molecule has 4 heteroatoms. The summed E-state index contributed by atoms with van der Waals surface area (Å²) in [5.74, 6) is 1.11. The second-order valence-corrected chi connectivity index (χ2v) is 8.04. The molecule has 1 saturated carbocycles. The summed E-state index contributed by atoms with van der Waals surface area (Å²) in [6.07, 6.45) is 3.83. The van der Waals surface area contributed by atoms with Gasteiger partial charge in [-0.2, -0.15) is 0 Å². The molecule has 2 amide bonds. The number of benzene rings is 1. The summed E-state index contributed by atoms with van der Waals surface area (Å²) in [5, 5.41) is 3.24. The Morgan fingerprint density at radius 1 is 1.20 bits per heavy atom. The SMILES string of the molecule is Cc1ccc(CN2C[C@@H](C(=O)N[C@@H]3CCC[C@H](C)[C@@H]3C)CC2=O)cc1. The lowest BCUT2D eigenvalue weighted by atomic mass is 9.78. The summed E-state index contributed by atoms with van der Waals surface area (Å²) in [7, 11) is 0. The molecular weight excluding hydrogens is 312 g/mol. The normalized spacial score (nSPS) is 29.7. The number of nitrogens with zero attached hydrogens (tertiary/aromatic N) is 1. The van der Waals surface area contributed by atoms with E-state index in [0.29, 0.717) is 31.3 Å². The van der Waals surface area contributed by atoms with Crippen molar-refractivity contribution in [3.8, 4) is 0 Å². The Labute approximate surface area is 151 Å². The molecule has 4 nitrogen and oxygen atoms in total. The van der Waals surface area contributed by atoms with Crippen molar-refractivity contribution in [2.45, 2.75) is 59.0 Å². The van der Waals surface area contributed by atoms with Gasteiger partial charge in [-0.3, -0.25) is 9.59 Å². The number of carbonyl (C=O) groups is 2. The Morgan fingerprint density at radius 2 is 1.92 bits per heavy atom. The fourth-order valence-electron chi connectivity index (χ4n) is 4.10. The van der Waals surface area contributed by atoms with Crippen molar-refractivity contribution < 1.29 is 9.59 Å². The Kier molecular flexibility index (Phi) is 5.45. The molecule has 136 valence electrons. The monoisotopic (exact) mass is 342 g/mol. The van der Waals surface area contributed by atoms with Gasteiger partial charge in [-0.05, 0) is 30.7 Å². The van der Waals surface area contributed by atoms with Gasteiger partial charge in [0.05, 0.1) is 5.92 Å². The van der Waals surface area contributed by atoms with Gasteiger partial charge in [0.1, 0.15) is 0 Å². The quantitative estimate of drug-likeness (QED) is 0.913. The molecule has 3 rings (SSSR count). The second kappa shape index (κ2) is 7.59. The number of aryl methyl sites for hydroxylation is 1. The smallest absolute Gasteiger partial charge is 0.225 e. The summed E-state index contributed by atoms with van der Waals surface area (Å²) in [6, 6.07) is 8.50. The van der Waals surface area contributed by atoms with Crippen molar-refractivity contribution in [3.63, 3.8) is 0 Å². The molecular formula is C21H30N2O2. The molecule has 1 N–H and O–H groups in total. The van der Waals surface area contributed by atoms with E-state index in [1.807, 2.05) is 4.90 Å². The number of rotatable bonds is 4. The van der Waals surface area contributed by atoms with Gasteiger partial charge in [0.25, 0.3) is 0 Å². The van der Waals surface area contributed by atoms with Crippen LogP contribution in [0.5, 0.6) is 0 Å². The van der Waals surface area contributed by atoms with Crippen LogP contribution in [0.3, 0.4) is 0 Å². The van der Waals surface area contributed by atoms with Crippen molar-refractivity contribution in [3.05, 3.63) is 35.4 Å². The van der Waals surface area contributed by atoms with E-state index in [-0.39, 0.29) is 23.8 Å². The highest BCUT2D eigenvalue weighted by molar-refractivity contribution is 5.89. The van der Waals surface area contributed by atoms with E-state index >= 15 is 0 Å². The van der Waals surface area contributed by atoms with Crippen molar-refractivity contribution in [2.24, 2.45) is 17.8 Å². The fraction of sp³-hybridized carbons (Fsp3) is 0.619. The van der Waals surface area contributed by atoms with Crippen LogP contribution in [0, 0.1) is 24.7 Å². The first-order valence-corrected chi connectivity index (χ1v) is 9.57. The summed E-state index contributed by atoms with van der Waals surface area (Å²) >= 11 is 0. The van der Waals surface area contributed by atoms with Gasteiger partial charge in [-0.1, -0.05) is 56.5 Å². The molecule has 0 unspecified atom stereocenters. The Balaban J connectivity index is 1.56. The lowest BCUT2D eigenvalue weighted by molar-refractivity contribution is -0.129. The van der Waals surface area contributed by atoms with Gasteiger partial charge in [0.15, 0.2) is 0 Å². The number of likely N-dealkylation sites (tertiary alicyclic amines) is 1. The van der Waals surface area contributed by atoms with Crippen LogP contribution in [0.15, 0.2) is 24.3 Å². The van der Waals surface area contributed by atoms with Crippen LogP contribution in [0.4, 0.5) is 0 Å². The third kappa shape index (κ3) is 4.23. The van der Waals surface area contributed by atoms with Gasteiger partial charge < -0.3 is 10.2 Å².